The summed E-state index contributed by atoms with van der Waals surface area (Å²) >= 11 is 1.77. The highest BCUT2D eigenvalue weighted by Crippen LogP contribution is 2.33. The molecule has 7 rings (SSSR count). The Kier molecular flexibility index (Phi) is 6.67. The van der Waals surface area contributed by atoms with Crippen LogP contribution in [-0.2, 0) is 6.42 Å². The van der Waals surface area contributed by atoms with Gasteiger partial charge in [0.2, 0.25) is 0 Å². The van der Waals surface area contributed by atoms with E-state index in [2.05, 4.69) is 116 Å². The minimum absolute atomic E-state index is 0.711. The van der Waals surface area contributed by atoms with Crippen molar-refractivity contribution in [2.75, 3.05) is 0 Å². The lowest BCUT2D eigenvalue weighted by atomic mass is 10.00. The van der Waals surface area contributed by atoms with Crippen LogP contribution in [-0.4, -0.2) is 15.0 Å². The lowest BCUT2D eigenvalue weighted by Gasteiger charge is -2.11. The van der Waals surface area contributed by atoms with Crippen LogP contribution in [0.1, 0.15) is 11.9 Å². The molecule has 41 heavy (non-hydrogen) atoms. The van der Waals surface area contributed by atoms with Crippen LogP contribution in [0.25, 0.3) is 66.4 Å². The molecule has 0 fully saturated rings. The Labute approximate surface area is 243 Å². The van der Waals surface area contributed by atoms with Gasteiger partial charge in [-0.05, 0) is 52.9 Å². The molecular weight excluding hydrogens is 518 g/mol. The molecule has 0 amide bonds. The van der Waals surface area contributed by atoms with E-state index in [-0.39, 0.29) is 0 Å². The molecule has 2 aromatic heterocycles. The van der Waals surface area contributed by atoms with Crippen LogP contribution >= 0.6 is 11.3 Å². The maximum Gasteiger partial charge on any atom is 0.160 e. The zero-order chi connectivity index (χ0) is 27.6. The monoisotopic (exact) mass is 545 g/mol. The lowest BCUT2D eigenvalue weighted by molar-refractivity contribution is 1.11. The van der Waals surface area contributed by atoms with Crippen molar-refractivity contribution in [1.29, 1.82) is 0 Å². The average molecular weight is 546 g/mol. The number of benzene rings is 5. The Morgan fingerprint density at radius 3 is 1.76 bits per heavy atom. The van der Waals surface area contributed by atoms with E-state index < -0.39 is 0 Å². The third kappa shape index (κ3) is 5.18. The van der Waals surface area contributed by atoms with Crippen molar-refractivity contribution >= 4 is 21.6 Å². The van der Waals surface area contributed by atoms with Crippen molar-refractivity contribution < 1.29 is 0 Å². The van der Waals surface area contributed by atoms with Gasteiger partial charge in [-0.1, -0.05) is 116 Å². The number of aromatic nitrogens is 3. The van der Waals surface area contributed by atoms with Crippen molar-refractivity contribution in [3.8, 4) is 56.2 Å². The van der Waals surface area contributed by atoms with Crippen molar-refractivity contribution in [2.24, 2.45) is 0 Å². The first-order chi connectivity index (χ1) is 20.2. The SMILES string of the molecule is CCc1nc2cc(-c3cccc(-c4cc(-c5ccccc5)nc(-c5ccc(-c6ccccc6)cc5)n4)c3)ccc2s1. The summed E-state index contributed by atoms with van der Waals surface area (Å²) in [5, 5.41) is 1.17. The van der Waals surface area contributed by atoms with Gasteiger partial charge in [0.1, 0.15) is 0 Å². The molecule has 4 heteroatoms. The second-order valence-corrected chi connectivity index (χ2v) is 11.1. The minimum Gasteiger partial charge on any atom is -0.241 e. The van der Waals surface area contributed by atoms with Gasteiger partial charge in [0.05, 0.1) is 26.6 Å². The number of hydrogen-bond donors (Lipinski definition) is 0. The highest BCUT2D eigenvalue weighted by Gasteiger charge is 2.12. The van der Waals surface area contributed by atoms with Crippen molar-refractivity contribution in [2.45, 2.75) is 13.3 Å². The van der Waals surface area contributed by atoms with Crippen LogP contribution in [0.2, 0.25) is 0 Å². The molecule has 5 aromatic carbocycles. The summed E-state index contributed by atoms with van der Waals surface area (Å²) in [7, 11) is 0. The minimum atomic E-state index is 0.711. The Hall–Kier alpha value is -4.93. The van der Waals surface area contributed by atoms with E-state index in [1.54, 1.807) is 11.3 Å². The molecule has 0 aliphatic rings. The van der Waals surface area contributed by atoms with Crippen LogP contribution in [0, 0.1) is 0 Å². The molecular formula is C37H27N3S. The smallest absolute Gasteiger partial charge is 0.160 e. The maximum absolute atomic E-state index is 5.08. The third-order valence-electron chi connectivity index (χ3n) is 7.27. The molecule has 0 spiro atoms. The lowest BCUT2D eigenvalue weighted by Crippen LogP contribution is -1.96. The second kappa shape index (κ2) is 10.9. The Bertz CT molecular complexity index is 1960. The van der Waals surface area contributed by atoms with Gasteiger partial charge in [-0.3, -0.25) is 0 Å². The predicted molar refractivity (Wildman–Crippen MR) is 172 cm³/mol. The summed E-state index contributed by atoms with van der Waals surface area (Å²) in [6.45, 7) is 2.15. The van der Waals surface area contributed by atoms with Gasteiger partial charge < -0.3 is 0 Å². The highest BCUT2D eigenvalue weighted by atomic mass is 32.1. The fourth-order valence-electron chi connectivity index (χ4n) is 5.09. The number of fused-ring (bicyclic) bond motifs is 1. The van der Waals surface area contributed by atoms with E-state index in [0.717, 1.165) is 51.1 Å². The fourth-order valence-corrected chi connectivity index (χ4v) is 5.97. The zero-order valence-corrected chi connectivity index (χ0v) is 23.5. The van der Waals surface area contributed by atoms with E-state index in [9.17, 15) is 0 Å². The summed E-state index contributed by atoms with van der Waals surface area (Å²) in [5.41, 5.74) is 10.6. The van der Waals surface area contributed by atoms with Crippen LogP contribution < -0.4 is 0 Å². The molecule has 0 radical (unpaired) electrons. The van der Waals surface area contributed by atoms with Crippen molar-refractivity contribution in [3.63, 3.8) is 0 Å². The first-order valence-electron chi connectivity index (χ1n) is 13.8. The molecule has 2 heterocycles. The Balaban J connectivity index is 1.31. The van der Waals surface area contributed by atoms with E-state index in [0.29, 0.717) is 5.82 Å². The van der Waals surface area contributed by atoms with E-state index in [4.69, 9.17) is 15.0 Å². The summed E-state index contributed by atoms with van der Waals surface area (Å²) in [4.78, 5) is 14.9. The van der Waals surface area contributed by atoms with E-state index >= 15 is 0 Å². The molecule has 0 saturated carbocycles. The van der Waals surface area contributed by atoms with E-state index in [1.807, 2.05) is 24.3 Å². The van der Waals surface area contributed by atoms with Crippen molar-refractivity contribution in [3.05, 3.63) is 138 Å². The summed E-state index contributed by atoms with van der Waals surface area (Å²) in [5.74, 6) is 0.711. The highest BCUT2D eigenvalue weighted by molar-refractivity contribution is 7.18. The van der Waals surface area contributed by atoms with Crippen LogP contribution in [0.5, 0.6) is 0 Å². The van der Waals surface area contributed by atoms with Crippen LogP contribution in [0.15, 0.2) is 133 Å². The van der Waals surface area contributed by atoms with Gasteiger partial charge >= 0.3 is 0 Å². The maximum atomic E-state index is 5.08. The molecule has 0 atom stereocenters. The summed E-state index contributed by atoms with van der Waals surface area (Å²) in [6.07, 6.45) is 0.957. The number of hydrogen-bond acceptors (Lipinski definition) is 4. The normalized spacial score (nSPS) is 11.1. The molecule has 0 saturated heterocycles. The molecule has 0 aliphatic heterocycles. The average Bonchev–Trinajstić information content (AvgIpc) is 3.48. The predicted octanol–water partition coefficient (Wildman–Crippen LogP) is 9.98. The van der Waals surface area contributed by atoms with Gasteiger partial charge in [-0.2, -0.15) is 0 Å². The van der Waals surface area contributed by atoms with Gasteiger partial charge in [-0.15, -0.1) is 11.3 Å². The molecule has 0 bridgehead atoms. The third-order valence-corrected chi connectivity index (χ3v) is 8.45. The Morgan fingerprint density at radius 2 is 1.02 bits per heavy atom. The number of thiazole rings is 1. The Morgan fingerprint density at radius 1 is 0.463 bits per heavy atom. The summed E-state index contributed by atoms with van der Waals surface area (Å²) < 4.78 is 1.23. The molecule has 3 nitrogen and oxygen atoms in total. The van der Waals surface area contributed by atoms with Gasteiger partial charge in [-0.25, -0.2) is 15.0 Å². The molecule has 0 N–H and O–H groups in total. The number of nitrogens with zero attached hydrogens (tertiary/aromatic N) is 3. The quantitative estimate of drug-likeness (QED) is 0.209. The van der Waals surface area contributed by atoms with Crippen LogP contribution in [0.4, 0.5) is 0 Å². The van der Waals surface area contributed by atoms with Gasteiger partial charge in [0, 0.05) is 16.7 Å². The topological polar surface area (TPSA) is 38.7 Å². The molecule has 0 unspecified atom stereocenters. The largest absolute Gasteiger partial charge is 0.241 e. The van der Waals surface area contributed by atoms with Crippen LogP contribution in [0.3, 0.4) is 0 Å². The second-order valence-electron chi connectivity index (χ2n) is 10.00. The van der Waals surface area contributed by atoms with Gasteiger partial charge in [0.15, 0.2) is 5.82 Å². The number of aryl methyl sites for hydroxylation is 1. The van der Waals surface area contributed by atoms with Crippen molar-refractivity contribution in [1.82, 2.24) is 15.0 Å². The number of rotatable bonds is 6. The zero-order valence-electron chi connectivity index (χ0n) is 22.7. The fraction of sp³-hybridized carbons (Fsp3) is 0.0541. The first-order valence-corrected chi connectivity index (χ1v) is 14.7. The molecule has 0 aliphatic carbocycles. The molecule has 196 valence electrons. The summed E-state index contributed by atoms with van der Waals surface area (Å²) in [6, 6.07) is 46.5. The molecule has 7 aromatic rings. The first kappa shape index (κ1) is 25.1. The van der Waals surface area contributed by atoms with Gasteiger partial charge in [0.25, 0.3) is 0 Å². The van der Waals surface area contributed by atoms with E-state index in [1.165, 1.54) is 20.8 Å². The standard InChI is InChI=1S/C37H27N3S/c1-2-36-38-34-23-30(20-21-35(34)41-36)29-14-9-15-31(22-29)33-24-32(27-12-7-4-8-13-27)39-37(40-33)28-18-16-26(17-19-28)25-10-5-3-6-11-25/h3-24H,2H2,1H3.